The highest BCUT2D eigenvalue weighted by Gasteiger charge is 2.22. The molecule has 0 saturated heterocycles. The molecule has 0 heterocycles. The molecule has 0 bridgehead atoms. The Balaban J connectivity index is 2.26. The molecule has 0 unspecified atom stereocenters. The third kappa shape index (κ3) is 5.30. The van der Waals surface area contributed by atoms with Crippen molar-refractivity contribution in [1.29, 1.82) is 0 Å². The van der Waals surface area contributed by atoms with E-state index in [1.165, 1.54) is 7.11 Å². The van der Waals surface area contributed by atoms with Gasteiger partial charge in [0.05, 0.1) is 24.6 Å². The largest absolute Gasteiger partial charge is 0.465 e. The maximum Gasteiger partial charge on any atom is 0.338 e. The number of hydrogen-bond acceptors (Lipinski definition) is 5. The fourth-order valence-electron chi connectivity index (χ4n) is 2.45. The number of benzene rings is 2. The first-order chi connectivity index (χ1) is 12.6. The van der Waals surface area contributed by atoms with E-state index < -0.39 is 28.4 Å². The lowest BCUT2D eigenvalue weighted by atomic mass is 10.1. The molecular formula is C18H19BrN2O5S. The number of nitrogens with one attached hydrogen (secondary N) is 1. The summed E-state index contributed by atoms with van der Waals surface area (Å²) in [4.78, 5) is 24.3. The molecule has 2 rings (SSSR count). The number of methoxy groups -OCH3 is 1. The smallest absolute Gasteiger partial charge is 0.338 e. The predicted molar refractivity (Wildman–Crippen MR) is 107 cm³/mol. The second-order valence-corrected chi connectivity index (χ2v) is 8.59. The molecule has 0 aliphatic carbocycles. The quantitative estimate of drug-likeness (QED) is 0.677. The average molecular weight is 455 g/mol. The molecule has 2 aromatic carbocycles. The molecule has 144 valence electrons. The van der Waals surface area contributed by atoms with Crippen molar-refractivity contribution < 1.29 is 22.7 Å². The van der Waals surface area contributed by atoms with Gasteiger partial charge in [0.15, 0.2) is 0 Å². The van der Waals surface area contributed by atoms with Crippen molar-refractivity contribution in [2.24, 2.45) is 0 Å². The molecule has 0 aromatic heterocycles. The van der Waals surface area contributed by atoms with E-state index >= 15 is 0 Å². The van der Waals surface area contributed by atoms with Crippen LogP contribution in [-0.2, 0) is 19.6 Å². The number of sulfonamides is 1. The average Bonchev–Trinajstić information content (AvgIpc) is 2.60. The zero-order chi connectivity index (χ0) is 20.2. The third-order valence-electron chi connectivity index (χ3n) is 3.80. The van der Waals surface area contributed by atoms with Gasteiger partial charge in [-0.1, -0.05) is 28.1 Å². The molecule has 9 heteroatoms. The minimum atomic E-state index is -3.68. The van der Waals surface area contributed by atoms with Crippen LogP contribution in [0.25, 0.3) is 0 Å². The lowest BCUT2D eigenvalue weighted by Crippen LogP contribution is -2.37. The number of carbonyl (C=O) groups excluding carboxylic acids is 2. The molecule has 0 fully saturated rings. The molecule has 7 nitrogen and oxygen atoms in total. The molecule has 2 aromatic rings. The Morgan fingerprint density at radius 3 is 2.44 bits per heavy atom. The minimum absolute atomic E-state index is 0.322. The number of anilines is 2. The first-order valence-corrected chi connectivity index (χ1v) is 10.5. The molecule has 0 atom stereocenters. The predicted octanol–water partition coefficient (Wildman–Crippen LogP) is 2.95. The number of ether oxygens (including phenoxy) is 1. The van der Waals surface area contributed by atoms with Gasteiger partial charge in [-0.05, 0) is 42.8 Å². The van der Waals surface area contributed by atoms with Gasteiger partial charge < -0.3 is 10.1 Å². The van der Waals surface area contributed by atoms with Crippen LogP contribution in [0.3, 0.4) is 0 Å². The number of nitrogens with zero attached hydrogens (tertiary/aromatic N) is 1. The van der Waals surface area contributed by atoms with Crippen LogP contribution in [-0.4, -0.2) is 40.2 Å². The number of carbonyl (C=O) groups is 2. The van der Waals surface area contributed by atoms with Crippen LogP contribution < -0.4 is 9.62 Å². The van der Waals surface area contributed by atoms with Crippen LogP contribution in [0.1, 0.15) is 15.9 Å². The van der Waals surface area contributed by atoms with Gasteiger partial charge >= 0.3 is 5.97 Å². The lowest BCUT2D eigenvalue weighted by Gasteiger charge is -2.22. The van der Waals surface area contributed by atoms with E-state index in [9.17, 15) is 18.0 Å². The van der Waals surface area contributed by atoms with E-state index in [1.54, 1.807) is 49.4 Å². The summed E-state index contributed by atoms with van der Waals surface area (Å²) in [5.41, 5.74) is 1.63. The van der Waals surface area contributed by atoms with Crippen LogP contribution in [0.4, 0.5) is 11.4 Å². The highest BCUT2D eigenvalue weighted by molar-refractivity contribution is 9.10. The number of halogens is 1. The van der Waals surface area contributed by atoms with Crippen molar-refractivity contribution in [2.45, 2.75) is 6.92 Å². The highest BCUT2D eigenvalue weighted by Crippen LogP contribution is 2.23. The molecule has 0 radical (unpaired) electrons. The standard InChI is InChI=1S/C18H19BrN2O5S/c1-12-15(18(23)26-2)8-5-9-16(12)20-17(22)11-21(27(3,24)25)14-7-4-6-13(19)10-14/h4-10H,11H2,1-3H3,(H,20,22). The summed E-state index contributed by atoms with van der Waals surface area (Å²) in [6.45, 7) is 1.27. The fraction of sp³-hybridized carbons (Fsp3) is 0.222. The first kappa shape index (κ1) is 20.9. The van der Waals surface area contributed by atoms with Crippen molar-refractivity contribution in [3.63, 3.8) is 0 Å². The molecule has 0 saturated carbocycles. The van der Waals surface area contributed by atoms with Crippen LogP contribution in [0.15, 0.2) is 46.9 Å². The van der Waals surface area contributed by atoms with Gasteiger partial charge in [0.1, 0.15) is 6.54 Å². The van der Waals surface area contributed by atoms with Gasteiger partial charge in [-0.15, -0.1) is 0 Å². The molecule has 0 aliphatic rings. The third-order valence-corrected chi connectivity index (χ3v) is 5.43. The Kier molecular flexibility index (Phi) is 6.61. The summed E-state index contributed by atoms with van der Waals surface area (Å²) < 4.78 is 30.7. The van der Waals surface area contributed by atoms with E-state index in [1.807, 2.05) is 0 Å². The maximum absolute atomic E-state index is 12.5. The van der Waals surface area contributed by atoms with E-state index in [0.29, 0.717) is 27.0 Å². The Bertz CT molecular complexity index is 975. The maximum atomic E-state index is 12.5. The van der Waals surface area contributed by atoms with Gasteiger partial charge in [0, 0.05) is 10.2 Å². The summed E-state index contributed by atoms with van der Waals surface area (Å²) in [6.07, 6.45) is 1.03. The van der Waals surface area contributed by atoms with Crippen LogP contribution in [0.2, 0.25) is 0 Å². The highest BCUT2D eigenvalue weighted by atomic mass is 79.9. The van der Waals surface area contributed by atoms with Gasteiger partial charge in [-0.3, -0.25) is 9.10 Å². The van der Waals surface area contributed by atoms with E-state index in [-0.39, 0.29) is 0 Å². The van der Waals surface area contributed by atoms with Gasteiger partial charge in [0.25, 0.3) is 0 Å². The molecule has 1 amide bonds. The zero-order valence-corrected chi connectivity index (χ0v) is 17.4. The Morgan fingerprint density at radius 1 is 1.19 bits per heavy atom. The van der Waals surface area contributed by atoms with Crippen molar-refractivity contribution in [2.75, 3.05) is 29.5 Å². The van der Waals surface area contributed by atoms with Gasteiger partial charge in [-0.25, -0.2) is 13.2 Å². The molecule has 27 heavy (non-hydrogen) atoms. The summed E-state index contributed by atoms with van der Waals surface area (Å²) in [5.74, 6) is -1.05. The normalized spacial score (nSPS) is 11.0. The fourth-order valence-corrected chi connectivity index (χ4v) is 3.69. The molecule has 1 N–H and O–H groups in total. The van der Waals surface area contributed by atoms with Crippen LogP contribution in [0, 0.1) is 6.92 Å². The Morgan fingerprint density at radius 2 is 1.85 bits per heavy atom. The van der Waals surface area contributed by atoms with Crippen molar-refractivity contribution in [3.8, 4) is 0 Å². The Labute approximate surface area is 166 Å². The number of rotatable bonds is 6. The summed E-state index contributed by atoms with van der Waals surface area (Å²) in [5, 5.41) is 2.65. The Hall–Kier alpha value is -2.39. The van der Waals surface area contributed by atoms with E-state index in [0.717, 1.165) is 10.6 Å². The second kappa shape index (κ2) is 8.53. The first-order valence-electron chi connectivity index (χ1n) is 7.84. The van der Waals surface area contributed by atoms with Gasteiger partial charge in [-0.2, -0.15) is 0 Å². The monoisotopic (exact) mass is 454 g/mol. The summed E-state index contributed by atoms with van der Waals surface area (Å²) in [7, 11) is -2.41. The van der Waals surface area contributed by atoms with Crippen molar-refractivity contribution >= 4 is 49.2 Å². The SMILES string of the molecule is COC(=O)c1cccc(NC(=O)CN(c2cccc(Br)c2)S(C)(=O)=O)c1C. The van der Waals surface area contributed by atoms with E-state index in [4.69, 9.17) is 4.74 Å². The van der Waals surface area contributed by atoms with Crippen molar-refractivity contribution in [3.05, 3.63) is 58.1 Å². The number of esters is 1. The topological polar surface area (TPSA) is 92.8 Å². The molecular weight excluding hydrogens is 436 g/mol. The number of amides is 1. The van der Waals surface area contributed by atoms with Gasteiger partial charge in [0.2, 0.25) is 15.9 Å². The zero-order valence-electron chi connectivity index (χ0n) is 15.0. The number of hydrogen-bond donors (Lipinski definition) is 1. The van der Waals surface area contributed by atoms with Crippen LogP contribution >= 0.6 is 15.9 Å². The lowest BCUT2D eigenvalue weighted by molar-refractivity contribution is -0.114. The second-order valence-electron chi connectivity index (χ2n) is 5.77. The molecule has 0 spiro atoms. The van der Waals surface area contributed by atoms with E-state index in [2.05, 4.69) is 21.2 Å². The summed E-state index contributed by atoms with van der Waals surface area (Å²) in [6, 6.07) is 11.5. The van der Waals surface area contributed by atoms with Crippen LogP contribution in [0.5, 0.6) is 0 Å². The molecule has 0 aliphatic heterocycles. The summed E-state index contributed by atoms with van der Waals surface area (Å²) >= 11 is 3.29. The minimum Gasteiger partial charge on any atom is -0.465 e. The van der Waals surface area contributed by atoms with Crippen molar-refractivity contribution in [1.82, 2.24) is 0 Å².